The molecular formula is C24H21ClO5. The molecule has 0 N–H and O–H groups in total. The van der Waals surface area contributed by atoms with Gasteiger partial charge in [-0.05, 0) is 54.4 Å². The van der Waals surface area contributed by atoms with Crippen molar-refractivity contribution < 1.29 is 23.8 Å². The fourth-order valence-electron chi connectivity index (χ4n) is 2.75. The Kier molecular flexibility index (Phi) is 7.46. The lowest BCUT2D eigenvalue weighted by Crippen LogP contribution is -2.18. The van der Waals surface area contributed by atoms with Crippen LogP contribution in [0.5, 0.6) is 11.5 Å². The molecule has 3 rings (SSSR count). The summed E-state index contributed by atoms with van der Waals surface area (Å²) in [5.41, 5.74) is 2.21. The minimum absolute atomic E-state index is 0.244. The van der Waals surface area contributed by atoms with Crippen LogP contribution in [0.25, 0.3) is 0 Å². The van der Waals surface area contributed by atoms with E-state index < -0.39 is 11.9 Å². The number of hydrogen-bond acceptors (Lipinski definition) is 5. The number of hydrogen-bond donors (Lipinski definition) is 0. The van der Waals surface area contributed by atoms with Gasteiger partial charge in [-0.25, -0.2) is 9.59 Å². The zero-order chi connectivity index (χ0) is 21.3. The Morgan fingerprint density at radius 1 is 0.933 bits per heavy atom. The Bertz CT molecular complexity index is 1020. The molecule has 30 heavy (non-hydrogen) atoms. The predicted molar refractivity (Wildman–Crippen MR) is 114 cm³/mol. The number of esters is 2. The van der Waals surface area contributed by atoms with E-state index in [4.69, 9.17) is 25.8 Å². The average molecular weight is 425 g/mol. The molecule has 3 aromatic carbocycles. The van der Waals surface area contributed by atoms with Crippen LogP contribution in [0, 0.1) is 6.92 Å². The molecule has 0 unspecified atom stereocenters. The van der Waals surface area contributed by atoms with Crippen molar-refractivity contribution in [1.82, 2.24) is 0 Å². The lowest BCUT2D eigenvalue weighted by Gasteiger charge is -2.10. The van der Waals surface area contributed by atoms with Crippen molar-refractivity contribution in [2.24, 2.45) is 0 Å². The van der Waals surface area contributed by atoms with Crippen LogP contribution in [0.3, 0.4) is 0 Å². The van der Waals surface area contributed by atoms with E-state index in [1.807, 2.05) is 37.3 Å². The highest BCUT2D eigenvalue weighted by atomic mass is 35.5. The van der Waals surface area contributed by atoms with E-state index in [1.54, 1.807) is 36.4 Å². The van der Waals surface area contributed by atoms with Gasteiger partial charge in [0.25, 0.3) is 0 Å². The van der Waals surface area contributed by atoms with Crippen molar-refractivity contribution >= 4 is 23.5 Å². The van der Waals surface area contributed by atoms with Crippen LogP contribution in [-0.2, 0) is 16.0 Å². The van der Waals surface area contributed by atoms with E-state index >= 15 is 0 Å². The predicted octanol–water partition coefficient (Wildman–Crippen LogP) is 5.03. The Morgan fingerprint density at radius 2 is 1.73 bits per heavy atom. The van der Waals surface area contributed by atoms with Gasteiger partial charge in [-0.3, -0.25) is 0 Å². The molecule has 0 bridgehead atoms. The van der Waals surface area contributed by atoms with E-state index in [-0.39, 0.29) is 19.0 Å². The Balaban J connectivity index is 1.50. The second kappa shape index (κ2) is 10.5. The van der Waals surface area contributed by atoms with Crippen LogP contribution in [0.4, 0.5) is 0 Å². The minimum atomic E-state index is -0.584. The van der Waals surface area contributed by atoms with E-state index in [1.165, 1.54) is 6.07 Å². The topological polar surface area (TPSA) is 61.8 Å². The Labute approximate surface area is 180 Å². The first-order valence-electron chi connectivity index (χ1n) is 9.42. The van der Waals surface area contributed by atoms with Gasteiger partial charge < -0.3 is 14.2 Å². The second-order valence-corrected chi connectivity index (χ2v) is 7.01. The van der Waals surface area contributed by atoms with Gasteiger partial charge in [-0.1, -0.05) is 48.0 Å². The largest absolute Gasteiger partial charge is 0.482 e. The third-order valence-corrected chi connectivity index (χ3v) is 4.49. The summed E-state index contributed by atoms with van der Waals surface area (Å²) in [6.07, 6.45) is 0.628. The summed E-state index contributed by atoms with van der Waals surface area (Å²) in [5.74, 6) is -0.267. The molecule has 5 nitrogen and oxygen atoms in total. The summed E-state index contributed by atoms with van der Waals surface area (Å²) in [6, 6.07) is 21.2. The molecule has 0 spiro atoms. The van der Waals surface area contributed by atoms with Crippen molar-refractivity contribution in [2.75, 3.05) is 13.2 Å². The van der Waals surface area contributed by atoms with Crippen LogP contribution in [0.2, 0.25) is 5.02 Å². The van der Waals surface area contributed by atoms with Gasteiger partial charge in [0.2, 0.25) is 0 Å². The fraction of sp³-hybridized carbons (Fsp3) is 0.167. The number of rotatable bonds is 8. The lowest BCUT2D eigenvalue weighted by molar-refractivity contribution is -0.136. The molecule has 0 aliphatic heterocycles. The summed E-state index contributed by atoms with van der Waals surface area (Å²) in [4.78, 5) is 24.3. The Morgan fingerprint density at radius 3 is 2.50 bits per heavy atom. The van der Waals surface area contributed by atoms with Crippen LogP contribution in [0.15, 0.2) is 72.8 Å². The molecule has 0 saturated carbocycles. The average Bonchev–Trinajstić information content (AvgIpc) is 2.74. The maximum absolute atomic E-state index is 12.3. The minimum Gasteiger partial charge on any atom is -0.482 e. The third kappa shape index (κ3) is 6.36. The van der Waals surface area contributed by atoms with Gasteiger partial charge in [0.1, 0.15) is 11.5 Å². The normalized spacial score (nSPS) is 10.3. The Hall–Kier alpha value is -3.31. The number of carbonyl (C=O) groups is 2. The first-order valence-corrected chi connectivity index (χ1v) is 9.80. The van der Waals surface area contributed by atoms with E-state index in [0.717, 1.165) is 11.1 Å². The third-order valence-electron chi connectivity index (χ3n) is 4.25. The highest BCUT2D eigenvalue weighted by Crippen LogP contribution is 2.22. The van der Waals surface area contributed by atoms with Crippen molar-refractivity contribution in [3.05, 3.63) is 94.5 Å². The number of halogens is 1. The van der Waals surface area contributed by atoms with Crippen LogP contribution in [-0.4, -0.2) is 25.2 Å². The molecule has 0 aliphatic carbocycles. The molecule has 0 atom stereocenters. The van der Waals surface area contributed by atoms with Gasteiger partial charge in [-0.15, -0.1) is 0 Å². The summed E-state index contributed by atoms with van der Waals surface area (Å²) in [6.45, 7) is 1.83. The van der Waals surface area contributed by atoms with Crippen molar-refractivity contribution in [1.29, 1.82) is 0 Å². The standard InChI is InChI=1S/C24H21ClO5/c1-17-14-20(25)10-11-22(17)29-16-23(26)30-21-9-5-8-19(15-21)24(27)28-13-12-18-6-3-2-4-7-18/h2-11,14-15H,12-13,16H2,1H3. The molecule has 6 heteroatoms. The zero-order valence-electron chi connectivity index (χ0n) is 16.5. The lowest BCUT2D eigenvalue weighted by atomic mass is 10.2. The van der Waals surface area contributed by atoms with Gasteiger partial charge >= 0.3 is 11.9 Å². The highest BCUT2D eigenvalue weighted by molar-refractivity contribution is 6.30. The molecular weight excluding hydrogens is 404 g/mol. The second-order valence-electron chi connectivity index (χ2n) is 6.57. The first kappa shape index (κ1) is 21.4. The number of benzene rings is 3. The van der Waals surface area contributed by atoms with Gasteiger partial charge in [0, 0.05) is 11.4 Å². The summed E-state index contributed by atoms with van der Waals surface area (Å²) < 4.78 is 16.0. The molecule has 0 radical (unpaired) electrons. The zero-order valence-corrected chi connectivity index (χ0v) is 17.2. The summed E-state index contributed by atoms with van der Waals surface area (Å²) in [5, 5.41) is 0.592. The number of carbonyl (C=O) groups excluding carboxylic acids is 2. The number of aryl methyl sites for hydroxylation is 1. The monoisotopic (exact) mass is 424 g/mol. The smallest absolute Gasteiger partial charge is 0.349 e. The molecule has 0 fully saturated rings. The van der Waals surface area contributed by atoms with E-state index in [9.17, 15) is 9.59 Å². The van der Waals surface area contributed by atoms with E-state index in [0.29, 0.717) is 22.8 Å². The molecule has 3 aromatic rings. The summed E-state index contributed by atoms with van der Waals surface area (Å²) >= 11 is 5.91. The van der Waals surface area contributed by atoms with Crippen LogP contribution < -0.4 is 9.47 Å². The summed E-state index contributed by atoms with van der Waals surface area (Å²) in [7, 11) is 0. The van der Waals surface area contributed by atoms with Gasteiger partial charge in [0.05, 0.1) is 12.2 Å². The van der Waals surface area contributed by atoms with Gasteiger partial charge in [-0.2, -0.15) is 0 Å². The first-order chi connectivity index (χ1) is 14.5. The molecule has 0 aromatic heterocycles. The van der Waals surface area contributed by atoms with E-state index in [2.05, 4.69) is 0 Å². The van der Waals surface area contributed by atoms with Crippen LogP contribution >= 0.6 is 11.6 Å². The van der Waals surface area contributed by atoms with Gasteiger partial charge in [0.15, 0.2) is 6.61 Å². The SMILES string of the molecule is Cc1cc(Cl)ccc1OCC(=O)Oc1cccc(C(=O)OCCc2ccccc2)c1. The fourth-order valence-corrected chi connectivity index (χ4v) is 2.98. The molecule has 0 aliphatic rings. The quantitative estimate of drug-likeness (QED) is 0.375. The van der Waals surface area contributed by atoms with Crippen molar-refractivity contribution in [2.45, 2.75) is 13.3 Å². The molecule has 0 amide bonds. The van der Waals surface area contributed by atoms with Crippen LogP contribution in [0.1, 0.15) is 21.5 Å². The maximum atomic E-state index is 12.3. The van der Waals surface area contributed by atoms with Crippen molar-refractivity contribution in [3.63, 3.8) is 0 Å². The molecule has 0 saturated heterocycles. The molecule has 0 heterocycles. The maximum Gasteiger partial charge on any atom is 0.349 e. The number of ether oxygens (including phenoxy) is 3. The highest BCUT2D eigenvalue weighted by Gasteiger charge is 2.12. The molecule has 154 valence electrons. The van der Waals surface area contributed by atoms with Crippen molar-refractivity contribution in [3.8, 4) is 11.5 Å².